The van der Waals surface area contributed by atoms with Crippen molar-refractivity contribution in [2.24, 2.45) is 0 Å². The van der Waals surface area contributed by atoms with Crippen LogP contribution in [0.25, 0.3) is 11.0 Å². The van der Waals surface area contributed by atoms with Crippen LogP contribution in [0.1, 0.15) is 12.0 Å². The molecule has 16 heavy (non-hydrogen) atoms. The fourth-order valence-electron chi connectivity index (χ4n) is 1.61. The van der Waals surface area contributed by atoms with Gasteiger partial charge in [-0.25, -0.2) is 4.79 Å². The van der Waals surface area contributed by atoms with E-state index in [0.29, 0.717) is 12.0 Å². The second kappa shape index (κ2) is 4.18. The second-order valence-electron chi connectivity index (χ2n) is 3.42. The number of rotatable bonds is 3. The highest BCUT2D eigenvalue weighted by atomic mass is 16.4. The topological polar surface area (TPSA) is 67.5 Å². The van der Waals surface area contributed by atoms with Crippen LogP contribution in [0.2, 0.25) is 0 Å². The molecule has 0 fully saturated rings. The smallest absolute Gasteiger partial charge is 0.336 e. The first-order valence-electron chi connectivity index (χ1n) is 4.81. The molecule has 1 aromatic carbocycles. The quantitative estimate of drug-likeness (QED) is 0.792. The van der Waals surface area contributed by atoms with Gasteiger partial charge < -0.3 is 9.52 Å². The molecule has 0 saturated heterocycles. The van der Waals surface area contributed by atoms with Crippen LogP contribution in [0.5, 0.6) is 5.75 Å². The molecule has 2 aromatic rings. The van der Waals surface area contributed by atoms with Crippen LogP contribution < -0.4 is 5.63 Å². The Morgan fingerprint density at radius 3 is 2.88 bits per heavy atom. The van der Waals surface area contributed by atoms with Crippen LogP contribution in [0.3, 0.4) is 0 Å². The van der Waals surface area contributed by atoms with Crippen LogP contribution >= 0.6 is 0 Å². The lowest BCUT2D eigenvalue weighted by atomic mass is 10.1. The lowest BCUT2D eigenvalue weighted by molar-refractivity contribution is 0.473. The van der Waals surface area contributed by atoms with Crippen molar-refractivity contribution < 1.29 is 14.3 Å². The van der Waals surface area contributed by atoms with Crippen LogP contribution in [-0.2, 0) is 11.2 Å². The highest BCUT2D eigenvalue weighted by Crippen LogP contribution is 2.22. The molecule has 1 aromatic heterocycles. The lowest BCUT2D eigenvalue weighted by Crippen LogP contribution is -2.00. The summed E-state index contributed by atoms with van der Waals surface area (Å²) in [6.07, 6.45) is 2.46. The standard InChI is InChI=1S/C12H9O4/c13-5-1-2-8-6-12(15)16-11-7-9(14)3-4-10(8)11/h3-4,6-7,14H,1-2H2. The zero-order valence-electron chi connectivity index (χ0n) is 8.40. The van der Waals surface area contributed by atoms with Crippen LogP contribution in [-0.4, -0.2) is 11.4 Å². The molecule has 1 N–H and O–H groups in total. The van der Waals surface area contributed by atoms with E-state index in [1.54, 1.807) is 12.4 Å². The average Bonchev–Trinajstić information content (AvgIpc) is 2.25. The fourth-order valence-corrected chi connectivity index (χ4v) is 1.61. The Kier molecular flexibility index (Phi) is 2.72. The fraction of sp³-hybridized carbons (Fsp3) is 0.167. The Morgan fingerprint density at radius 1 is 1.31 bits per heavy atom. The average molecular weight is 217 g/mol. The zero-order chi connectivity index (χ0) is 11.5. The molecular weight excluding hydrogens is 208 g/mol. The summed E-state index contributed by atoms with van der Waals surface area (Å²) < 4.78 is 4.95. The molecule has 0 spiro atoms. The van der Waals surface area contributed by atoms with Gasteiger partial charge in [0.15, 0.2) is 6.29 Å². The van der Waals surface area contributed by atoms with Crippen LogP contribution in [0, 0.1) is 0 Å². The van der Waals surface area contributed by atoms with Crippen molar-refractivity contribution in [2.75, 3.05) is 0 Å². The van der Waals surface area contributed by atoms with Gasteiger partial charge >= 0.3 is 5.63 Å². The van der Waals surface area contributed by atoms with Crippen molar-refractivity contribution in [3.63, 3.8) is 0 Å². The van der Waals surface area contributed by atoms with Crippen molar-refractivity contribution in [1.82, 2.24) is 0 Å². The Hall–Kier alpha value is -2.10. The van der Waals surface area contributed by atoms with Gasteiger partial charge in [0.2, 0.25) is 0 Å². The van der Waals surface area contributed by atoms with E-state index in [1.165, 1.54) is 18.2 Å². The van der Waals surface area contributed by atoms with Gasteiger partial charge in [-0.1, -0.05) is 0 Å². The molecule has 4 heteroatoms. The SMILES string of the molecule is O=[C]CCc1cc(=O)oc2cc(O)ccc12. The molecule has 0 aliphatic rings. The molecular formula is C12H9O4. The normalized spacial score (nSPS) is 10.5. The van der Waals surface area contributed by atoms with E-state index >= 15 is 0 Å². The Balaban J connectivity index is 2.63. The van der Waals surface area contributed by atoms with Gasteiger partial charge in [-0.05, 0) is 24.1 Å². The number of phenols is 1. The third-order valence-electron chi connectivity index (χ3n) is 2.31. The Labute approximate surface area is 91.1 Å². The number of hydrogen-bond acceptors (Lipinski definition) is 4. The molecule has 1 heterocycles. The molecule has 0 atom stereocenters. The maximum Gasteiger partial charge on any atom is 0.336 e. The Morgan fingerprint density at radius 2 is 2.12 bits per heavy atom. The lowest BCUT2D eigenvalue weighted by Gasteiger charge is -2.03. The monoisotopic (exact) mass is 217 g/mol. The maximum atomic E-state index is 11.2. The first-order chi connectivity index (χ1) is 7.70. The van der Waals surface area contributed by atoms with Crippen molar-refractivity contribution in [3.8, 4) is 5.75 Å². The number of fused-ring (bicyclic) bond motifs is 1. The minimum Gasteiger partial charge on any atom is -0.508 e. The van der Waals surface area contributed by atoms with Gasteiger partial charge in [0.25, 0.3) is 0 Å². The molecule has 0 aliphatic carbocycles. The summed E-state index contributed by atoms with van der Waals surface area (Å²) in [6, 6.07) is 5.91. The van der Waals surface area contributed by atoms with E-state index in [1.807, 2.05) is 0 Å². The molecule has 0 amide bonds. The molecule has 0 aliphatic heterocycles. The number of aromatic hydroxyl groups is 1. The predicted octanol–water partition coefficient (Wildman–Crippen LogP) is 1.54. The highest BCUT2D eigenvalue weighted by Gasteiger charge is 2.06. The third-order valence-corrected chi connectivity index (χ3v) is 2.31. The van der Waals surface area contributed by atoms with E-state index < -0.39 is 5.63 Å². The van der Waals surface area contributed by atoms with E-state index in [9.17, 15) is 14.7 Å². The first kappa shape index (κ1) is 10.4. The highest BCUT2D eigenvalue weighted by molar-refractivity contribution is 5.81. The predicted molar refractivity (Wildman–Crippen MR) is 58.2 cm³/mol. The third kappa shape index (κ3) is 1.95. The van der Waals surface area contributed by atoms with Crippen molar-refractivity contribution in [3.05, 3.63) is 40.2 Å². The van der Waals surface area contributed by atoms with E-state index in [-0.39, 0.29) is 12.2 Å². The number of hydrogen-bond donors (Lipinski definition) is 1. The van der Waals surface area contributed by atoms with Gasteiger partial charge in [0.05, 0.1) is 0 Å². The summed E-state index contributed by atoms with van der Waals surface area (Å²) in [5, 5.41) is 9.99. The van der Waals surface area contributed by atoms with E-state index in [2.05, 4.69) is 0 Å². The van der Waals surface area contributed by atoms with Crippen molar-refractivity contribution in [1.29, 1.82) is 0 Å². The molecule has 81 valence electrons. The molecule has 1 radical (unpaired) electrons. The molecule has 4 nitrogen and oxygen atoms in total. The Bertz CT molecular complexity index is 583. The number of aryl methyl sites for hydroxylation is 1. The largest absolute Gasteiger partial charge is 0.508 e. The summed E-state index contributed by atoms with van der Waals surface area (Å²) in [5.41, 5.74) is 0.571. The van der Waals surface area contributed by atoms with Gasteiger partial charge in [-0.15, -0.1) is 0 Å². The summed E-state index contributed by atoms with van der Waals surface area (Å²) >= 11 is 0. The molecule has 2 rings (SSSR count). The summed E-state index contributed by atoms with van der Waals surface area (Å²) in [5.74, 6) is 0.0368. The second-order valence-corrected chi connectivity index (χ2v) is 3.42. The van der Waals surface area contributed by atoms with E-state index in [4.69, 9.17) is 4.42 Å². The number of phenolic OH excluding ortho intramolecular Hbond substituents is 1. The van der Waals surface area contributed by atoms with Crippen molar-refractivity contribution in [2.45, 2.75) is 12.8 Å². The summed E-state index contributed by atoms with van der Waals surface area (Å²) in [4.78, 5) is 21.4. The van der Waals surface area contributed by atoms with Crippen molar-refractivity contribution >= 4 is 17.3 Å². The molecule has 0 bridgehead atoms. The van der Waals surface area contributed by atoms with E-state index in [0.717, 1.165) is 10.9 Å². The van der Waals surface area contributed by atoms with Gasteiger partial charge in [-0.3, -0.25) is 4.79 Å². The summed E-state index contributed by atoms with van der Waals surface area (Å²) in [6.45, 7) is 0. The maximum absolute atomic E-state index is 11.2. The number of benzene rings is 1. The number of carbonyl (C=O) groups excluding carboxylic acids is 1. The van der Waals surface area contributed by atoms with Gasteiger partial charge in [0, 0.05) is 23.9 Å². The molecule has 0 unspecified atom stereocenters. The summed E-state index contributed by atoms with van der Waals surface area (Å²) in [7, 11) is 0. The molecule has 0 saturated carbocycles. The van der Waals surface area contributed by atoms with Gasteiger partial charge in [-0.2, -0.15) is 0 Å². The van der Waals surface area contributed by atoms with Gasteiger partial charge in [0.1, 0.15) is 11.3 Å². The zero-order valence-corrected chi connectivity index (χ0v) is 8.40. The first-order valence-corrected chi connectivity index (χ1v) is 4.81. The minimum absolute atomic E-state index is 0.0368. The van der Waals surface area contributed by atoms with Crippen LogP contribution in [0.15, 0.2) is 33.5 Å². The van der Waals surface area contributed by atoms with Crippen LogP contribution in [0.4, 0.5) is 0 Å². The minimum atomic E-state index is -0.487.